The van der Waals surface area contributed by atoms with Crippen molar-refractivity contribution in [2.24, 2.45) is 5.92 Å². The Hall–Kier alpha value is -3.38. The number of pyridine rings is 2. The normalized spacial score (nSPS) is 17.2. The van der Waals surface area contributed by atoms with Gasteiger partial charge in [0.25, 0.3) is 0 Å². The molecule has 5 nitrogen and oxygen atoms in total. The quantitative estimate of drug-likeness (QED) is 0.357. The molecule has 6 heteroatoms. The third-order valence-electron chi connectivity index (χ3n) is 6.34. The zero-order valence-corrected chi connectivity index (χ0v) is 19.1. The molecule has 0 aliphatic heterocycles. The summed E-state index contributed by atoms with van der Waals surface area (Å²) >= 11 is 0. The lowest BCUT2D eigenvalue weighted by Gasteiger charge is -2.07. The van der Waals surface area contributed by atoms with Crippen LogP contribution in [-0.2, 0) is 26.8 Å². The SMILES string of the molecule is C.Cc1cncc2ccc(CC(=O)[C@@H]3CC3c3ccc(S(=O)(=O)Cc4ccccn4)cc3)cc12. The van der Waals surface area contributed by atoms with E-state index in [0.717, 1.165) is 33.9 Å². The van der Waals surface area contributed by atoms with E-state index in [2.05, 4.69) is 16.0 Å². The fourth-order valence-electron chi connectivity index (χ4n) is 4.40. The first-order valence-electron chi connectivity index (χ1n) is 11.0. The zero-order chi connectivity index (χ0) is 23.0. The molecule has 34 heavy (non-hydrogen) atoms. The number of sulfone groups is 1. The number of ketones is 1. The first-order chi connectivity index (χ1) is 15.9. The monoisotopic (exact) mass is 472 g/mol. The van der Waals surface area contributed by atoms with Gasteiger partial charge in [-0.15, -0.1) is 0 Å². The highest BCUT2D eigenvalue weighted by Crippen LogP contribution is 2.48. The molecule has 0 amide bonds. The highest BCUT2D eigenvalue weighted by molar-refractivity contribution is 7.90. The summed E-state index contributed by atoms with van der Waals surface area (Å²) in [5.74, 6) is 0.267. The van der Waals surface area contributed by atoms with Crippen LogP contribution in [0.1, 0.15) is 42.1 Å². The summed E-state index contributed by atoms with van der Waals surface area (Å²) < 4.78 is 25.4. The van der Waals surface area contributed by atoms with Gasteiger partial charge in [0.15, 0.2) is 9.84 Å². The molecule has 0 radical (unpaired) electrons. The molecule has 2 heterocycles. The molecule has 0 spiro atoms. The lowest BCUT2D eigenvalue weighted by molar-refractivity contribution is -0.119. The summed E-state index contributed by atoms with van der Waals surface area (Å²) in [7, 11) is -3.46. The zero-order valence-electron chi connectivity index (χ0n) is 18.3. The number of Topliss-reactive ketones (excluding diaryl/α,β-unsaturated/α-hetero) is 1. The van der Waals surface area contributed by atoms with Gasteiger partial charge in [-0.25, -0.2) is 8.42 Å². The summed E-state index contributed by atoms with van der Waals surface area (Å²) in [5.41, 5.74) is 3.66. The molecule has 4 aromatic rings. The van der Waals surface area contributed by atoms with Crippen LogP contribution in [0.2, 0.25) is 0 Å². The first-order valence-corrected chi connectivity index (χ1v) is 12.6. The van der Waals surface area contributed by atoms with Crippen molar-refractivity contribution in [3.63, 3.8) is 0 Å². The van der Waals surface area contributed by atoms with Crippen LogP contribution in [0, 0.1) is 12.8 Å². The van der Waals surface area contributed by atoms with E-state index in [0.29, 0.717) is 12.1 Å². The number of aromatic nitrogens is 2. The molecule has 174 valence electrons. The predicted octanol–water partition coefficient (Wildman–Crippen LogP) is 5.46. The molecular weight excluding hydrogens is 444 g/mol. The summed E-state index contributed by atoms with van der Waals surface area (Å²) in [4.78, 5) is 21.5. The Labute approximate surface area is 200 Å². The lowest BCUT2D eigenvalue weighted by Crippen LogP contribution is -2.07. The third-order valence-corrected chi connectivity index (χ3v) is 8.00. The number of fused-ring (bicyclic) bond motifs is 1. The molecule has 1 aliphatic carbocycles. The van der Waals surface area contributed by atoms with Crippen LogP contribution in [0.25, 0.3) is 10.8 Å². The maximum absolute atomic E-state index is 12.9. The molecule has 1 fully saturated rings. The average molecular weight is 473 g/mol. The van der Waals surface area contributed by atoms with E-state index >= 15 is 0 Å². The molecule has 0 bridgehead atoms. The molecule has 5 rings (SSSR count). The summed E-state index contributed by atoms with van der Waals surface area (Å²) in [5, 5.41) is 2.21. The number of benzene rings is 2. The highest BCUT2D eigenvalue weighted by Gasteiger charge is 2.43. The second-order valence-corrected chi connectivity index (χ2v) is 10.7. The molecule has 0 saturated heterocycles. The van der Waals surface area contributed by atoms with E-state index in [4.69, 9.17) is 0 Å². The predicted molar refractivity (Wildman–Crippen MR) is 134 cm³/mol. The topological polar surface area (TPSA) is 77.0 Å². The Kier molecular flexibility index (Phi) is 6.62. The van der Waals surface area contributed by atoms with Gasteiger partial charge in [-0.05, 0) is 65.6 Å². The minimum absolute atomic E-state index is 0. The summed E-state index contributed by atoms with van der Waals surface area (Å²) in [6.07, 6.45) is 6.50. The Morgan fingerprint density at radius 1 is 1.03 bits per heavy atom. The Morgan fingerprint density at radius 3 is 2.56 bits per heavy atom. The summed E-state index contributed by atoms with van der Waals surface area (Å²) in [6, 6.07) is 18.3. The van der Waals surface area contributed by atoms with Gasteiger partial charge in [0.1, 0.15) is 5.78 Å². The number of rotatable bonds is 7. The Balaban J connectivity index is 0.00000274. The van der Waals surface area contributed by atoms with Crippen molar-refractivity contribution in [2.45, 2.75) is 43.8 Å². The number of aryl methyl sites for hydroxylation is 1. The van der Waals surface area contributed by atoms with Crippen LogP contribution in [-0.4, -0.2) is 24.2 Å². The van der Waals surface area contributed by atoms with Gasteiger partial charge in [0.05, 0.1) is 16.3 Å². The van der Waals surface area contributed by atoms with E-state index in [1.54, 1.807) is 36.5 Å². The van der Waals surface area contributed by atoms with Crippen LogP contribution in [0.3, 0.4) is 0 Å². The van der Waals surface area contributed by atoms with Gasteiger partial charge in [-0.3, -0.25) is 14.8 Å². The van der Waals surface area contributed by atoms with Crippen molar-refractivity contribution < 1.29 is 13.2 Å². The molecule has 2 aromatic carbocycles. The standard InChI is InChI=1S/C27H24N2O3S.CH4/c1-18-15-28-16-21-6-5-19(12-24(18)21)13-27(30)26-14-25(26)20-7-9-23(10-8-20)33(31,32)17-22-4-2-3-11-29-22;/h2-12,15-16,25-26H,13-14,17H2,1H3;1H4/t25?,26-;/m1./s1. The van der Waals surface area contributed by atoms with Crippen molar-refractivity contribution in [2.75, 3.05) is 0 Å². The Morgan fingerprint density at radius 2 is 1.82 bits per heavy atom. The van der Waals surface area contributed by atoms with Crippen molar-refractivity contribution >= 4 is 26.4 Å². The molecule has 2 atom stereocenters. The van der Waals surface area contributed by atoms with Crippen LogP contribution >= 0.6 is 0 Å². The second kappa shape index (κ2) is 9.47. The largest absolute Gasteiger partial charge is 0.299 e. The fraction of sp³-hybridized carbons (Fsp3) is 0.250. The van der Waals surface area contributed by atoms with E-state index in [-0.39, 0.29) is 35.7 Å². The van der Waals surface area contributed by atoms with E-state index in [1.165, 1.54) is 0 Å². The maximum atomic E-state index is 12.9. The number of nitrogens with zero attached hydrogens (tertiary/aromatic N) is 2. The van der Waals surface area contributed by atoms with Crippen molar-refractivity contribution in [1.29, 1.82) is 0 Å². The van der Waals surface area contributed by atoms with Gasteiger partial charge in [0, 0.05) is 36.3 Å². The minimum atomic E-state index is -3.46. The average Bonchev–Trinajstić information content (AvgIpc) is 3.61. The minimum Gasteiger partial charge on any atom is -0.299 e. The number of carbonyl (C=O) groups is 1. The summed E-state index contributed by atoms with van der Waals surface area (Å²) in [6.45, 7) is 2.03. The fourth-order valence-corrected chi connectivity index (χ4v) is 5.68. The van der Waals surface area contributed by atoms with E-state index < -0.39 is 9.84 Å². The van der Waals surface area contributed by atoms with Gasteiger partial charge in [-0.2, -0.15) is 0 Å². The van der Waals surface area contributed by atoms with Crippen LogP contribution in [0.15, 0.2) is 84.1 Å². The van der Waals surface area contributed by atoms with Crippen molar-refractivity contribution in [1.82, 2.24) is 9.97 Å². The van der Waals surface area contributed by atoms with Crippen molar-refractivity contribution in [3.05, 3.63) is 102 Å². The molecule has 2 aromatic heterocycles. The van der Waals surface area contributed by atoms with Crippen LogP contribution in [0.5, 0.6) is 0 Å². The highest BCUT2D eigenvalue weighted by atomic mass is 32.2. The number of hydrogen-bond acceptors (Lipinski definition) is 5. The van der Waals surface area contributed by atoms with E-state index in [9.17, 15) is 13.2 Å². The van der Waals surface area contributed by atoms with E-state index in [1.807, 2.05) is 43.6 Å². The maximum Gasteiger partial charge on any atom is 0.184 e. The first kappa shape index (κ1) is 23.8. The number of hydrogen-bond donors (Lipinski definition) is 0. The third kappa shape index (κ3) is 4.92. The second-order valence-electron chi connectivity index (χ2n) is 8.75. The van der Waals surface area contributed by atoms with Crippen LogP contribution in [0.4, 0.5) is 0 Å². The number of carbonyl (C=O) groups excluding carboxylic acids is 1. The molecule has 1 saturated carbocycles. The Bertz CT molecular complexity index is 1430. The van der Waals surface area contributed by atoms with Gasteiger partial charge < -0.3 is 0 Å². The lowest BCUT2D eigenvalue weighted by atomic mass is 9.99. The van der Waals surface area contributed by atoms with Gasteiger partial charge >= 0.3 is 0 Å². The molecular formula is C28H28N2O3S. The smallest absolute Gasteiger partial charge is 0.184 e. The van der Waals surface area contributed by atoms with Crippen LogP contribution < -0.4 is 0 Å². The van der Waals surface area contributed by atoms with Gasteiger partial charge in [-0.1, -0.05) is 43.8 Å². The molecule has 1 aliphatic rings. The molecule has 1 unspecified atom stereocenters. The molecule has 0 N–H and O–H groups in total. The van der Waals surface area contributed by atoms with Crippen molar-refractivity contribution in [3.8, 4) is 0 Å². The van der Waals surface area contributed by atoms with Gasteiger partial charge in [0.2, 0.25) is 0 Å².